The smallest absolute Gasteiger partial charge is 0.129 e. The molecule has 2 rings (SSSR count). The van der Waals surface area contributed by atoms with Crippen molar-refractivity contribution in [1.82, 2.24) is 5.32 Å². The van der Waals surface area contributed by atoms with Gasteiger partial charge < -0.3 is 10.1 Å². The fourth-order valence-corrected chi connectivity index (χ4v) is 2.42. The second kappa shape index (κ2) is 6.25. The van der Waals surface area contributed by atoms with E-state index in [9.17, 15) is 8.78 Å². The third kappa shape index (κ3) is 3.27. The maximum atomic E-state index is 13.9. The van der Waals surface area contributed by atoms with E-state index in [-0.39, 0.29) is 29.8 Å². The molecule has 0 radical (unpaired) electrons. The maximum absolute atomic E-state index is 13.9. The number of ether oxygens (including phenoxy) is 1. The van der Waals surface area contributed by atoms with Crippen LogP contribution < -0.4 is 5.32 Å². The largest absolute Gasteiger partial charge is 0.380 e. The Labute approximate surface area is 106 Å². The molecular weight excluding hydrogens is 236 g/mol. The van der Waals surface area contributed by atoms with Crippen molar-refractivity contribution in [3.05, 3.63) is 34.9 Å². The molecule has 1 fully saturated rings. The molecule has 1 heterocycles. The minimum Gasteiger partial charge on any atom is -0.380 e. The van der Waals surface area contributed by atoms with Crippen LogP contribution >= 0.6 is 0 Å². The molecule has 1 aromatic rings. The SMILES string of the molecule is COCc1cc(F)c(CC2CCCCN2)cc1F. The highest BCUT2D eigenvalue weighted by atomic mass is 19.1. The van der Waals surface area contributed by atoms with Gasteiger partial charge >= 0.3 is 0 Å². The molecule has 0 spiro atoms. The van der Waals surface area contributed by atoms with Crippen molar-refractivity contribution < 1.29 is 13.5 Å². The summed E-state index contributed by atoms with van der Waals surface area (Å²) in [6, 6.07) is 2.82. The Balaban J connectivity index is 2.10. The van der Waals surface area contributed by atoms with Crippen LogP contribution in [-0.4, -0.2) is 19.7 Å². The Morgan fingerprint density at radius 3 is 2.61 bits per heavy atom. The van der Waals surface area contributed by atoms with E-state index in [0.717, 1.165) is 19.4 Å². The lowest BCUT2D eigenvalue weighted by molar-refractivity contribution is 0.181. The number of piperidine rings is 1. The molecule has 0 bridgehead atoms. The standard InChI is InChI=1S/C14H19F2NO/c1-18-9-11-8-13(15)10(7-14(11)16)6-12-4-2-3-5-17-12/h7-8,12,17H,2-6,9H2,1H3. The number of rotatable bonds is 4. The van der Waals surface area contributed by atoms with Crippen molar-refractivity contribution >= 4 is 0 Å². The molecule has 1 N–H and O–H groups in total. The van der Waals surface area contributed by atoms with Gasteiger partial charge in [0.15, 0.2) is 0 Å². The lowest BCUT2D eigenvalue weighted by Gasteiger charge is -2.23. The van der Waals surface area contributed by atoms with E-state index in [1.807, 2.05) is 0 Å². The van der Waals surface area contributed by atoms with E-state index in [0.29, 0.717) is 12.0 Å². The quantitative estimate of drug-likeness (QED) is 0.893. The van der Waals surface area contributed by atoms with Gasteiger partial charge in [-0.2, -0.15) is 0 Å². The molecule has 1 aliphatic rings. The predicted molar refractivity (Wildman–Crippen MR) is 66.4 cm³/mol. The van der Waals surface area contributed by atoms with Crippen LogP contribution in [0.4, 0.5) is 8.78 Å². The van der Waals surface area contributed by atoms with Crippen molar-refractivity contribution in [2.24, 2.45) is 0 Å². The van der Waals surface area contributed by atoms with Gasteiger partial charge in [-0.25, -0.2) is 8.78 Å². The average Bonchev–Trinajstić information content (AvgIpc) is 2.37. The van der Waals surface area contributed by atoms with Gasteiger partial charge in [-0.15, -0.1) is 0 Å². The first-order valence-electron chi connectivity index (χ1n) is 6.40. The zero-order chi connectivity index (χ0) is 13.0. The van der Waals surface area contributed by atoms with Gasteiger partial charge in [0, 0.05) is 18.7 Å². The molecule has 100 valence electrons. The van der Waals surface area contributed by atoms with Crippen LogP contribution in [0.2, 0.25) is 0 Å². The number of halogens is 2. The van der Waals surface area contributed by atoms with E-state index in [1.165, 1.54) is 25.7 Å². The van der Waals surface area contributed by atoms with E-state index >= 15 is 0 Å². The number of nitrogens with one attached hydrogen (secondary N) is 1. The Hall–Kier alpha value is -1.00. The third-order valence-corrected chi connectivity index (χ3v) is 3.39. The highest BCUT2D eigenvalue weighted by molar-refractivity contribution is 5.26. The van der Waals surface area contributed by atoms with Gasteiger partial charge in [0.05, 0.1) is 6.61 Å². The summed E-state index contributed by atoms with van der Waals surface area (Å²) in [5.41, 5.74) is 0.724. The van der Waals surface area contributed by atoms with Crippen LogP contribution in [0.25, 0.3) is 0 Å². The monoisotopic (exact) mass is 255 g/mol. The number of methoxy groups -OCH3 is 1. The fraction of sp³-hybridized carbons (Fsp3) is 0.571. The summed E-state index contributed by atoms with van der Waals surface area (Å²) in [5, 5.41) is 3.34. The van der Waals surface area contributed by atoms with Crippen molar-refractivity contribution in [1.29, 1.82) is 0 Å². The maximum Gasteiger partial charge on any atom is 0.129 e. The molecule has 0 aliphatic carbocycles. The fourth-order valence-electron chi connectivity index (χ4n) is 2.42. The molecule has 1 saturated heterocycles. The molecule has 0 aromatic heterocycles. The Kier molecular flexibility index (Phi) is 4.66. The first-order chi connectivity index (χ1) is 8.70. The lowest BCUT2D eigenvalue weighted by atomic mass is 9.96. The highest BCUT2D eigenvalue weighted by Gasteiger charge is 2.17. The second-order valence-electron chi connectivity index (χ2n) is 4.82. The van der Waals surface area contributed by atoms with Crippen LogP contribution in [0.5, 0.6) is 0 Å². The summed E-state index contributed by atoms with van der Waals surface area (Å²) in [4.78, 5) is 0. The molecule has 0 saturated carbocycles. The minimum atomic E-state index is -0.385. The van der Waals surface area contributed by atoms with Gasteiger partial charge in [-0.3, -0.25) is 0 Å². The van der Waals surface area contributed by atoms with Crippen molar-refractivity contribution in [2.45, 2.75) is 38.3 Å². The van der Waals surface area contributed by atoms with Crippen LogP contribution in [0.3, 0.4) is 0 Å². The van der Waals surface area contributed by atoms with E-state index in [2.05, 4.69) is 5.32 Å². The Morgan fingerprint density at radius 1 is 1.22 bits per heavy atom. The van der Waals surface area contributed by atoms with E-state index < -0.39 is 0 Å². The van der Waals surface area contributed by atoms with Crippen molar-refractivity contribution in [3.8, 4) is 0 Å². The van der Waals surface area contributed by atoms with Crippen LogP contribution in [0.15, 0.2) is 12.1 Å². The molecule has 1 atom stereocenters. The Bertz CT molecular complexity index is 403. The van der Waals surface area contributed by atoms with Crippen molar-refractivity contribution in [2.75, 3.05) is 13.7 Å². The van der Waals surface area contributed by atoms with Gasteiger partial charge in [0.25, 0.3) is 0 Å². The van der Waals surface area contributed by atoms with E-state index in [4.69, 9.17) is 4.74 Å². The molecule has 2 nitrogen and oxygen atoms in total. The highest BCUT2D eigenvalue weighted by Crippen LogP contribution is 2.19. The second-order valence-corrected chi connectivity index (χ2v) is 4.82. The normalized spacial score (nSPS) is 20.1. The molecular formula is C14H19F2NO. The third-order valence-electron chi connectivity index (χ3n) is 3.39. The summed E-state index contributed by atoms with van der Waals surface area (Å²) in [7, 11) is 1.47. The van der Waals surface area contributed by atoms with Crippen LogP contribution in [0.1, 0.15) is 30.4 Å². The summed E-state index contributed by atoms with van der Waals surface area (Å²) in [6.45, 7) is 1.07. The summed E-state index contributed by atoms with van der Waals surface area (Å²) in [5.74, 6) is -0.722. The molecule has 18 heavy (non-hydrogen) atoms. The number of benzene rings is 1. The summed E-state index contributed by atoms with van der Waals surface area (Å²) >= 11 is 0. The first-order valence-corrected chi connectivity index (χ1v) is 6.40. The van der Waals surface area contributed by atoms with Crippen LogP contribution in [-0.2, 0) is 17.8 Å². The van der Waals surface area contributed by atoms with Gasteiger partial charge in [-0.05, 0) is 43.5 Å². The van der Waals surface area contributed by atoms with Gasteiger partial charge in [0.2, 0.25) is 0 Å². The molecule has 1 unspecified atom stereocenters. The summed E-state index contributed by atoms with van der Waals surface area (Å²) in [6.07, 6.45) is 3.90. The molecule has 4 heteroatoms. The molecule has 1 aromatic carbocycles. The predicted octanol–water partition coefficient (Wildman–Crippen LogP) is 2.80. The van der Waals surface area contributed by atoms with Gasteiger partial charge in [-0.1, -0.05) is 6.42 Å². The topological polar surface area (TPSA) is 21.3 Å². The Morgan fingerprint density at radius 2 is 1.94 bits per heavy atom. The van der Waals surface area contributed by atoms with Gasteiger partial charge in [0.1, 0.15) is 11.6 Å². The molecule has 0 amide bonds. The number of hydrogen-bond donors (Lipinski definition) is 1. The molecule has 1 aliphatic heterocycles. The first kappa shape index (κ1) is 13.4. The van der Waals surface area contributed by atoms with Crippen LogP contribution in [0, 0.1) is 11.6 Å². The summed E-state index contributed by atoms with van der Waals surface area (Å²) < 4.78 is 32.4. The van der Waals surface area contributed by atoms with Crippen molar-refractivity contribution in [3.63, 3.8) is 0 Å². The average molecular weight is 255 g/mol. The number of hydrogen-bond acceptors (Lipinski definition) is 2. The zero-order valence-corrected chi connectivity index (χ0v) is 10.6. The minimum absolute atomic E-state index is 0.102. The zero-order valence-electron chi connectivity index (χ0n) is 10.6. The van der Waals surface area contributed by atoms with E-state index in [1.54, 1.807) is 0 Å². The lowest BCUT2D eigenvalue weighted by Crippen LogP contribution is -2.35.